The molecule has 1 aromatic carbocycles. The molecule has 1 fully saturated rings. The lowest BCUT2D eigenvalue weighted by Gasteiger charge is -2.40. The maximum absolute atomic E-state index is 14.9. The molecule has 0 N–H and O–H groups in total. The van der Waals surface area contributed by atoms with Gasteiger partial charge in [-0.15, -0.1) is 0 Å². The van der Waals surface area contributed by atoms with Gasteiger partial charge >= 0.3 is 5.69 Å². The summed E-state index contributed by atoms with van der Waals surface area (Å²) in [4.78, 5) is 43.1. The zero-order valence-corrected chi connectivity index (χ0v) is 23.4. The van der Waals surface area contributed by atoms with Gasteiger partial charge in [-0.3, -0.25) is 9.78 Å². The van der Waals surface area contributed by atoms with Crippen molar-refractivity contribution in [2.75, 3.05) is 31.2 Å². The fourth-order valence-corrected chi connectivity index (χ4v) is 5.49. The lowest BCUT2D eigenvalue weighted by molar-refractivity contribution is -0.132. The van der Waals surface area contributed by atoms with Crippen LogP contribution in [0.3, 0.4) is 0 Å². The molecule has 1 aliphatic rings. The van der Waals surface area contributed by atoms with Crippen LogP contribution in [0.25, 0.3) is 28.0 Å². The predicted octanol–water partition coefficient (Wildman–Crippen LogP) is 5.07. The molecule has 4 heterocycles. The number of alkyl halides is 1. The van der Waals surface area contributed by atoms with Crippen LogP contribution in [0.1, 0.15) is 37.9 Å². The highest BCUT2D eigenvalue weighted by Gasteiger charge is 2.31. The standard InChI is InChI=1S/C29H29ClF2N6O2/c1-16(2)24-26(17(3)9-10-33-24)38-28-20(13-21(30)25(34-28)19-7-5-6-8-22(19)32)27(35-29(38)40)37-12-11-36(15-18(37)4)23(39)14-31/h5-10,13,16,18H,11-12,14-15H2,1-4H3. The van der Waals surface area contributed by atoms with Crippen LogP contribution in [0.5, 0.6) is 0 Å². The first kappa shape index (κ1) is 27.6. The molecule has 0 radical (unpaired) electrons. The lowest BCUT2D eigenvalue weighted by atomic mass is 10.0. The zero-order chi connectivity index (χ0) is 28.7. The molecule has 1 amide bonds. The maximum atomic E-state index is 14.9. The van der Waals surface area contributed by atoms with Gasteiger partial charge in [-0.2, -0.15) is 4.98 Å². The Hall–Kier alpha value is -3.92. The van der Waals surface area contributed by atoms with E-state index < -0.39 is 24.1 Å². The van der Waals surface area contributed by atoms with E-state index in [4.69, 9.17) is 16.6 Å². The topological polar surface area (TPSA) is 84.2 Å². The molecule has 0 bridgehead atoms. The van der Waals surface area contributed by atoms with E-state index in [2.05, 4.69) is 9.97 Å². The van der Waals surface area contributed by atoms with Crippen LogP contribution >= 0.6 is 11.6 Å². The van der Waals surface area contributed by atoms with Crippen LogP contribution in [0.15, 0.2) is 47.4 Å². The summed E-state index contributed by atoms with van der Waals surface area (Å²) < 4.78 is 29.4. The van der Waals surface area contributed by atoms with Gasteiger partial charge in [0.15, 0.2) is 12.3 Å². The Morgan fingerprint density at radius 2 is 1.93 bits per heavy atom. The van der Waals surface area contributed by atoms with Gasteiger partial charge in [0, 0.05) is 37.4 Å². The third-order valence-electron chi connectivity index (χ3n) is 7.22. The van der Waals surface area contributed by atoms with Crippen LogP contribution < -0.4 is 10.6 Å². The minimum Gasteiger partial charge on any atom is -0.350 e. The van der Waals surface area contributed by atoms with Gasteiger partial charge in [0.05, 0.1) is 27.5 Å². The molecule has 5 rings (SSSR count). The number of benzene rings is 1. The highest BCUT2D eigenvalue weighted by Crippen LogP contribution is 2.36. The summed E-state index contributed by atoms with van der Waals surface area (Å²) >= 11 is 6.72. The highest BCUT2D eigenvalue weighted by atomic mass is 35.5. The van der Waals surface area contributed by atoms with Crippen molar-refractivity contribution in [2.45, 2.75) is 39.7 Å². The van der Waals surface area contributed by atoms with Crippen LogP contribution in [-0.2, 0) is 4.79 Å². The number of hydrogen-bond donors (Lipinski definition) is 0. The van der Waals surface area contributed by atoms with E-state index in [9.17, 15) is 18.4 Å². The Balaban J connectivity index is 1.81. The van der Waals surface area contributed by atoms with Crippen LogP contribution in [0, 0.1) is 12.7 Å². The number of carbonyl (C=O) groups excluding carboxylic acids is 1. The van der Waals surface area contributed by atoms with E-state index in [1.807, 2.05) is 38.7 Å². The summed E-state index contributed by atoms with van der Waals surface area (Å²) in [5.74, 6) is -0.747. The Labute approximate surface area is 235 Å². The number of anilines is 1. The number of piperazine rings is 1. The van der Waals surface area contributed by atoms with E-state index in [-0.39, 0.29) is 47.0 Å². The predicted molar refractivity (Wildman–Crippen MR) is 152 cm³/mol. The second-order valence-electron chi connectivity index (χ2n) is 10.3. The van der Waals surface area contributed by atoms with E-state index in [1.165, 1.54) is 15.5 Å². The third-order valence-corrected chi connectivity index (χ3v) is 7.51. The van der Waals surface area contributed by atoms with Crippen LogP contribution in [0.4, 0.5) is 14.6 Å². The molecular formula is C29H29ClF2N6O2. The highest BCUT2D eigenvalue weighted by molar-refractivity contribution is 6.33. The van der Waals surface area contributed by atoms with Crippen molar-refractivity contribution < 1.29 is 13.6 Å². The number of aromatic nitrogens is 4. The molecule has 1 unspecified atom stereocenters. The van der Waals surface area contributed by atoms with Crippen LogP contribution in [0.2, 0.25) is 5.02 Å². The number of aryl methyl sites for hydroxylation is 1. The Kier molecular flexibility index (Phi) is 7.55. The van der Waals surface area contributed by atoms with E-state index in [0.29, 0.717) is 29.1 Å². The normalized spacial score (nSPS) is 15.8. The third kappa shape index (κ3) is 4.81. The molecule has 1 atom stereocenters. The first-order chi connectivity index (χ1) is 19.1. The van der Waals surface area contributed by atoms with Crippen molar-refractivity contribution in [1.82, 2.24) is 24.4 Å². The number of rotatable bonds is 5. The van der Waals surface area contributed by atoms with Gasteiger partial charge in [-0.25, -0.2) is 23.1 Å². The van der Waals surface area contributed by atoms with Gasteiger partial charge in [0.1, 0.15) is 11.6 Å². The van der Waals surface area contributed by atoms with E-state index in [1.54, 1.807) is 30.5 Å². The Morgan fingerprint density at radius 1 is 1.18 bits per heavy atom. The number of carbonyl (C=O) groups is 1. The van der Waals surface area contributed by atoms with Gasteiger partial charge in [-0.05, 0) is 49.6 Å². The van der Waals surface area contributed by atoms with Crippen molar-refractivity contribution in [3.63, 3.8) is 0 Å². The molecule has 8 nitrogen and oxygen atoms in total. The maximum Gasteiger partial charge on any atom is 0.355 e. The Morgan fingerprint density at radius 3 is 2.60 bits per heavy atom. The van der Waals surface area contributed by atoms with Crippen molar-refractivity contribution in [3.05, 3.63) is 75.2 Å². The summed E-state index contributed by atoms with van der Waals surface area (Å²) in [5, 5.41) is 0.677. The summed E-state index contributed by atoms with van der Waals surface area (Å²) in [6.07, 6.45) is 1.69. The second kappa shape index (κ2) is 10.9. The van der Waals surface area contributed by atoms with Gasteiger partial charge in [0.25, 0.3) is 5.91 Å². The average molecular weight is 567 g/mol. The molecule has 4 aromatic rings. The SMILES string of the molecule is Cc1ccnc(C(C)C)c1-n1c(=O)nc(N2CCN(C(=O)CF)CC2C)c2cc(Cl)c(-c3ccccc3F)nc21. The summed E-state index contributed by atoms with van der Waals surface area (Å²) in [5.41, 5.74) is 2.12. The van der Waals surface area contributed by atoms with Crippen molar-refractivity contribution in [3.8, 4) is 16.9 Å². The second-order valence-corrected chi connectivity index (χ2v) is 10.7. The molecular weight excluding hydrogens is 538 g/mol. The quantitative estimate of drug-likeness (QED) is 0.335. The molecule has 11 heteroatoms. The molecule has 1 aliphatic heterocycles. The van der Waals surface area contributed by atoms with Crippen molar-refractivity contribution in [2.24, 2.45) is 0 Å². The number of fused-ring (bicyclic) bond motifs is 1. The number of hydrogen-bond acceptors (Lipinski definition) is 6. The summed E-state index contributed by atoms with van der Waals surface area (Å²) in [6, 6.07) is 9.36. The van der Waals surface area contributed by atoms with E-state index >= 15 is 0 Å². The van der Waals surface area contributed by atoms with Gasteiger partial charge < -0.3 is 9.80 Å². The first-order valence-corrected chi connectivity index (χ1v) is 13.4. The fraction of sp³-hybridized carbons (Fsp3) is 0.345. The van der Waals surface area contributed by atoms with Crippen molar-refractivity contribution in [1.29, 1.82) is 0 Å². The first-order valence-electron chi connectivity index (χ1n) is 13.1. The van der Waals surface area contributed by atoms with Crippen LogP contribution in [-0.4, -0.2) is 62.7 Å². The lowest BCUT2D eigenvalue weighted by Crippen LogP contribution is -2.54. The van der Waals surface area contributed by atoms with Gasteiger partial charge in [0.2, 0.25) is 0 Å². The summed E-state index contributed by atoms with van der Waals surface area (Å²) in [6.45, 7) is 7.52. The molecule has 0 spiro atoms. The number of pyridine rings is 2. The molecule has 0 saturated carbocycles. The molecule has 0 aliphatic carbocycles. The smallest absolute Gasteiger partial charge is 0.350 e. The minimum absolute atomic E-state index is 0.0176. The summed E-state index contributed by atoms with van der Waals surface area (Å²) in [7, 11) is 0. The van der Waals surface area contributed by atoms with Gasteiger partial charge in [-0.1, -0.05) is 37.6 Å². The molecule has 3 aromatic heterocycles. The zero-order valence-electron chi connectivity index (χ0n) is 22.7. The van der Waals surface area contributed by atoms with E-state index in [0.717, 1.165) is 5.56 Å². The average Bonchev–Trinajstić information content (AvgIpc) is 2.93. The van der Waals surface area contributed by atoms with Crippen molar-refractivity contribution >= 4 is 34.4 Å². The molecule has 208 valence electrons. The largest absolute Gasteiger partial charge is 0.355 e. The Bertz CT molecular complexity index is 1670. The monoisotopic (exact) mass is 566 g/mol. The molecule has 40 heavy (non-hydrogen) atoms. The molecule has 1 saturated heterocycles. The number of nitrogens with zero attached hydrogens (tertiary/aromatic N) is 6. The number of amides is 1. The number of halogens is 3. The minimum atomic E-state index is -1.06. The fourth-order valence-electron chi connectivity index (χ4n) is 5.24.